The molecule has 1 aliphatic rings. The van der Waals surface area contributed by atoms with Gasteiger partial charge in [-0.1, -0.05) is 12.1 Å². The van der Waals surface area contributed by atoms with Gasteiger partial charge in [0.15, 0.2) is 4.77 Å². The highest BCUT2D eigenvalue weighted by Crippen LogP contribution is 2.26. The lowest BCUT2D eigenvalue weighted by Gasteiger charge is -2.21. The number of hydrogen-bond donors (Lipinski definition) is 1. The van der Waals surface area contributed by atoms with Crippen LogP contribution in [0.4, 0.5) is 0 Å². The number of hydrogen-bond acceptors (Lipinski definition) is 2. The summed E-state index contributed by atoms with van der Waals surface area (Å²) in [5, 5.41) is 0. The summed E-state index contributed by atoms with van der Waals surface area (Å²) in [4.78, 5) is 3.36. The zero-order valence-electron chi connectivity index (χ0n) is 10.6. The largest absolute Gasteiger partial charge is 0.330 e. The van der Waals surface area contributed by atoms with Crippen molar-refractivity contribution < 1.29 is 0 Å². The fourth-order valence-electron chi connectivity index (χ4n) is 2.69. The van der Waals surface area contributed by atoms with Gasteiger partial charge in [-0.15, -0.1) is 0 Å². The van der Waals surface area contributed by atoms with Crippen molar-refractivity contribution in [3.8, 4) is 0 Å². The average Bonchev–Trinajstić information content (AvgIpc) is 2.70. The van der Waals surface area contributed by atoms with Crippen molar-refractivity contribution in [2.24, 2.45) is 5.92 Å². The summed E-state index contributed by atoms with van der Waals surface area (Å²) in [6.07, 6.45) is 2.65. The molecule has 1 N–H and O–H groups in total. The van der Waals surface area contributed by atoms with Crippen molar-refractivity contribution in [2.45, 2.75) is 26.3 Å². The number of aryl methyl sites for hydroxylation is 1. The standard InChI is InChI=1S/C14H18N2S2/c1-10-3-2-4-12-13(10)15-14(17)16(12)9-11-5-7-18-8-6-11/h2-4,11H,5-9H2,1H3,(H,15,17). The van der Waals surface area contributed by atoms with Crippen LogP contribution in [0.5, 0.6) is 0 Å². The number of imidazole rings is 1. The van der Waals surface area contributed by atoms with E-state index < -0.39 is 0 Å². The Morgan fingerprint density at radius 2 is 2.17 bits per heavy atom. The number of aromatic nitrogens is 2. The van der Waals surface area contributed by atoms with Crippen LogP contribution in [0.15, 0.2) is 18.2 Å². The molecular formula is C14H18N2S2. The SMILES string of the molecule is Cc1cccc2c1[nH]c(=S)n2CC1CCSCC1. The first kappa shape index (κ1) is 12.3. The number of nitrogens with zero attached hydrogens (tertiary/aromatic N) is 1. The number of thioether (sulfide) groups is 1. The molecule has 2 aromatic rings. The van der Waals surface area contributed by atoms with E-state index in [1.807, 2.05) is 0 Å². The van der Waals surface area contributed by atoms with E-state index in [0.717, 1.165) is 17.2 Å². The highest BCUT2D eigenvalue weighted by Gasteiger charge is 2.16. The highest BCUT2D eigenvalue weighted by atomic mass is 32.2. The zero-order valence-corrected chi connectivity index (χ0v) is 12.2. The molecule has 4 heteroatoms. The van der Waals surface area contributed by atoms with Gasteiger partial charge in [-0.2, -0.15) is 11.8 Å². The molecule has 2 nitrogen and oxygen atoms in total. The van der Waals surface area contributed by atoms with Gasteiger partial charge in [0.05, 0.1) is 11.0 Å². The Morgan fingerprint density at radius 1 is 1.39 bits per heavy atom. The Kier molecular flexibility index (Phi) is 3.48. The number of fused-ring (bicyclic) bond motifs is 1. The van der Waals surface area contributed by atoms with E-state index in [-0.39, 0.29) is 0 Å². The quantitative estimate of drug-likeness (QED) is 0.833. The van der Waals surface area contributed by atoms with Crippen LogP contribution >= 0.6 is 24.0 Å². The second-order valence-corrected chi connectivity index (χ2v) is 6.68. The van der Waals surface area contributed by atoms with Crippen LogP contribution in [-0.2, 0) is 6.54 Å². The molecule has 1 saturated heterocycles. The van der Waals surface area contributed by atoms with E-state index in [2.05, 4.69) is 46.4 Å². The minimum atomic E-state index is 0.789. The lowest BCUT2D eigenvalue weighted by molar-refractivity contribution is 0.420. The van der Waals surface area contributed by atoms with Crippen LogP contribution in [0.1, 0.15) is 18.4 Å². The molecule has 3 rings (SSSR count). The van der Waals surface area contributed by atoms with Crippen LogP contribution in [0.25, 0.3) is 11.0 Å². The Morgan fingerprint density at radius 3 is 2.94 bits per heavy atom. The minimum Gasteiger partial charge on any atom is -0.330 e. The third kappa shape index (κ3) is 2.24. The fraction of sp³-hybridized carbons (Fsp3) is 0.500. The summed E-state index contributed by atoms with van der Waals surface area (Å²) in [5.41, 5.74) is 3.74. The molecule has 18 heavy (non-hydrogen) atoms. The first-order valence-electron chi connectivity index (χ1n) is 6.51. The van der Waals surface area contributed by atoms with E-state index in [9.17, 15) is 0 Å². The van der Waals surface area contributed by atoms with Crippen LogP contribution in [0.3, 0.4) is 0 Å². The monoisotopic (exact) mass is 278 g/mol. The molecule has 96 valence electrons. The molecule has 0 amide bonds. The van der Waals surface area contributed by atoms with Crippen molar-refractivity contribution >= 4 is 35.0 Å². The Labute approximate surface area is 117 Å². The fourth-order valence-corrected chi connectivity index (χ4v) is 4.17. The summed E-state index contributed by atoms with van der Waals surface area (Å²) < 4.78 is 3.16. The van der Waals surface area contributed by atoms with E-state index in [4.69, 9.17) is 12.2 Å². The average molecular weight is 278 g/mol. The molecule has 2 heterocycles. The molecule has 0 bridgehead atoms. The molecule has 0 radical (unpaired) electrons. The highest BCUT2D eigenvalue weighted by molar-refractivity contribution is 7.99. The van der Waals surface area contributed by atoms with Crippen molar-refractivity contribution in [3.63, 3.8) is 0 Å². The van der Waals surface area contributed by atoms with E-state index in [1.165, 1.54) is 40.9 Å². The number of nitrogens with one attached hydrogen (secondary N) is 1. The normalized spacial score (nSPS) is 17.4. The van der Waals surface area contributed by atoms with Gasteiger partial charge in [-0.3, -0.25) is 0 Å². The van der Waals surface area contributed by atoms with Crippen LogP contribution in [0.2, 0.25) is 0 Å². The second-order valence-electron chi connectivity index (χ2n) is 5.07. The van der Waals surface area contributed by atoms with Crippen LogP contribution in [0, 0.1) is 17.6 Å². The third-order valence-electron chi connectivity index (χ3n) is 3.80. The van der Waals surface area contributed by atoms with Gasteiger partial charge in [-0.05, 0) is 61.0 Å². The van der Waals surface area contributed by atoms with Crippen molar-refractivity contribution in [2.75, 3.05) is 11.5 Å². The van der Waals surface area contributed by atoms with Gasteiger partial charge in [0, 0.05) is 6.54 Å². The third-order valence-corrected chi connectivity index (χ3v) is 5.17. The topological polar surface area (TPSA) is 20.7 Å². The maximum atomic E-state index is 5.48. The smallest absolute Gasteiger partial charge is 0.178 e. The van der Waals surface area contributed by atoms with Crippen molar-refractivity contribution in [1.29, 1.82) is 0 Å². The summed E-state index contributed by atoms with van der Waals surface area (Å²) in [7, 11) is 0. The molecule has 1 aromatic carbocycles. The molecular weight excluding hydrogens is 260 g/mol. The number of H-pyrrole nitrogens is 1. The number of benzene rings is 1. The Bertz CT molecular complexity index is 606. The van der Waals surface area contributed by atoms with Crippen molar-refractivity contribution in [1.82, 2.24) is 9.55 Å². The molecule has 0 atom stereocenters. The number of aromatic amines is 1. The molecule has 0 unspecified atom stereocenters. The van der Waals surface area contributed by atoms with Crippen molar-refractivity contribution in [3.05, 3.63) is 28.5 Å². The Balaban J connectivity index is 1.98. The summed E-state index contributed by atoms with van der Waals surface area (Å²) in [6, 6.07) is 6.43. The molecule has 1 fully saturated rings. The van der Waals surface area contributed by atoms with Gasteiger partial charge in [0.2, 0.25) is 0 Å². The minimum absolute atomic E-state index is 0.789. The van der Waals surface area contributed by atoms with Gasteiger partial charge in [-0.25, -0.2) is 0 Å². The maximum Gasteiger partial charge on any atom is 0.178 e. The van der Waals surface area contributed by atoms with E-state index in [1.54, 1.807) is 0 Å². The number of rotatable bonds is 2. The summed E-state index contributed by atoms with van der Waals surface area (Å²) in [5.74, 6) is 3.40. The summed E-state index contributed by atoms with van der Waals surface area (Å²) in [6.45, 7) is 3.21. The predicted molar refractivity (Wildman–Crippen MR) is 81.9 cm³/mol. The van der Waals surface area contributed by atoms with E-state index in [0.29, 0.717) is 0 Å². The molecule has 0 aliphatic carbocycles. The van der Waals surface area contributed by atoms with Gasteiger partial charge in [0.25, 0.3) is 0 Å². The van der Waals surface area contributed by atoms with Gasteiger partial charge < -0.3 is 9.55 Å². The lowest BCUT2D eigenvalue weighted by Crippen LogP contribution is -2.16. The predicted octanol–water partition coefficient (Wildman–Crippen LogP) is 4.15. The lowest BCUT2D eigenvalue weighted by atomic mass is 10.0. The van der Waals surface area contributed by atoms with E-state index >= 15 is 0 Å². The molecule has 1 aliphatic heterocycles. The maximum absolute atomic E-state index is 5.48. The van der Waals surface area contributed by atoms with Gasteiger partial charge >= 0.3 is 0 Å². The van der Waals surface area contributed by atoms with Crippen LogP contribution < -0.4 is 0 Å². The molecule has 1 aromatic heterocycles. The van der Waals surface area contributed by atoms with Gasteiger partial charge in [0.1, 0.15) is 0 Å². The molecule has 0 spiro atoms. The zero-order chi connectivity index (χ0) is 12.5. The first-order chi connectivity index (χ1) is 8.75. The molecule has 0 saturated carbocycles. The second kappa shape index (κ2) is 5.10. The Hall–Kier alpha value is -0.740. The first-order valence-corrected chi connectivity index (χ1v) is 8.08. The number of para-hydroxylation sites is 1. The summed E-state index contributed by atoms with van der Waals surface area (Å²) >= 11 is 7.56. The van der Waals surface area contributed by atoms with Crippen LogP contribution in [-0.4, -0.2) is 21.1 Å².